The summed E-state index contributed by atoms with van der Waals surface area (Å²) in [6.07, 6.45) is 7.62. The number of hydrogen-bond donors (Lipinski definition) is 1. The highest BCUT2D eigenvalue weighted by Gasteiger charge is 2.40. The monoisotopic (exact) mass is 195 g/mol. The predicted octanol–water partition coefficient (Wildman–Crippen LogP) is 2.09. The number of aromatic amines is 1. The Kier molecular flexibility index (Phi) is 1.82. The topological polar surface area (TPSA) is 41.6 Å². The number of thioether (sulfide) groups is 1. The Bertz CT molecular complexity index is 285. The van der Waals surface area contributed by atoms with Crippen LogP contribution in [0.1, 0.15) is 25.7 Å². The Morgan fingerprint density at radius 2 is 2.38 bits per heavy atom. The third-order valence-electron chi connectivity index (χ3n) is 3.34. The van der Waals surface area contributed by atoms with Crippen molar-refractivity contribution in [2.45, 2.75) is 36.0 Å². The summed E-state index contributed by atoms with van der Waals surface area (Å²) in [5.74, 6) is 1.99. The van der Waals surface area contributed by atoms with Crippen molar-refractivity contribution in [2.24, 2.45) is 11.8 Å². The molecule has 4 heteroatoms. The second-order valence-corrected chi connectivity index (χ2v) is 5.40. The van der Waals surface area contributed by atoms with Crippen molar-refractivity contribution in [1.29, 1.82) is 0 Å². The number of rotatable bonds is 2. The van der Waals surface area contributed by atoms with Crippen molar-refractivity contribution in [2.75, 3.05) is 0 Å². The molecule has 0 amide bonds. The number of H-pyrrole nitrogens is 1. The van der Waals surface area contributed by atoms with Crippen molar-refractivity contribution in [3.8, 4) is 0 Å². The van der Waals surface area contributed by atoms with E-state index in [1.165, 1.54) is 25.7 Å². The highest BCUT2D eigenvalue weighted by atomic mass is 32.2. The number of nitrogens with one attached hydrogen (secondary N) is 1. The van der Waals surface area contributed by atoms with E-state index in [0.29, 0.717) is 0 Å². The molecular weight excluding hydrogens is 182 g/mol. The van der Waals surface area contributed by atoms with Crippen LogP contribution in [0, 0.1) is 11.8 Å². The van der Waals surface area contributed by atoms with Crippen LogP contribution in [-0.4, -0.2) is 20.7 Å². The fraction of sp³-hybridized carbons (Fsp3) is 0.778. The number of aromatic nitrogens is 3. The van der Waals surface area contributed by atoms with Crippen molar-refractivity contribution in [1.82, 2.24) is 15.4 Å². The predicted molar refractivity (Wildman–Crippen MR) is 51.5 cm³/mol. The summed E-state index contributed by atoms with van der Waals surface area (Å²) >= 11 is 1.92. The van der Waals surface area contributed by atoms with Gasteiger partial charge in [0.1, 0.15) is 5.03 Å². The van der Waals surface area contributed by atoms with Gasteiger partial charge in [0.15, 0.2) is 0 Å². The second kappa shape index (κ2) is 3.01. The quantitative estimate of drug-likeness (QED) is 0.785. The third-order valence-corrected chi connectivity index (χ3v) is 4.66. The van der Waals surface area contributed by atoms with Gasteiger partial charge in [-0.1, -0.05) is 18.2 Å². The maximum atomic E-state index is 4.09. The lowest BCUT2D eigenvalue weighted by molar-refractivity contribution is 0.492. The van der Waals surface area contributed by atoms with E-state index in [1.807, 2.05) is 18.0 Å². The van der Waals surface area contributed by atoms with Crippen molar-refractivity contribution in [3.63, 3.8) is 0 Å². The molecule has 2 bridgehead atoms. The molecule has 3 atom stereocenters. The summed E-state index contributed by atoms with van der Waals surface area (Å²) in [7, 11) is 0. The van der Waals surface area contributed by atoms with Crippen molar-refractivity contribution >= 4 is 11.8 Å². The zero-order valence-electron chi connectivity index (χ0n) is 7.44. The molecule has 2 fully saturated rings. The highest BCUT2D eigenvalue weighted by Crippen LogP contribution is 2.50. The number of fused-ring (bicyclic) bond motifs is 2. The van der Waals surface area contributed by atoms with Gasteiger partial charge in [-0.25, -0.2) is 0 Å². The van der Waals surface area contributed by atoms with E-state index in [-0.39, 0.29) is 0 Å². The van der Waals surface area contributed by atoms with Gasteiger partial charge in [0.05, 0.1) is 6.20 Å². The van der Waals surface area contributed by atoms with Gasteiger partial charge in [-0.05, 0) is 31.1 Å². The standard InChI is InChI=1S/C9H13N3S/c1-2-7-3-6(1)4-8(7)13-9-5-10-12-11-9/h5-8H,1-4H2,(H,10,11,12). The first-order chi connectivity index (χ1) is 6.42. The molecule has 1 aromatic heterocycles. The van der Waals surface area contributed by atoms with Crippen molar-refractivity contribution in [3.05, 3.63) is 6.20 Å². The minimum atomic E-state index is 0.823. The zero-order chi connectivity index (χ0) is 8.67. The van der Waals surface area contributed by atoms with Crippen LogP contribution in [-0.2, 0) is 0 Å². The average molecular weight is 195 g/mol. The number of nitrogens with zero attached hydrogens (tertiary/aromatic N) is 2. The van der Waals surface area contributed by atoms with Crippen LogP contribution in [0.25, 0.3) is 0 Å². The lowest BCUT2D eigenvalue weighted by Crippen LogP contribution is -2.12. The molecule has 1 N–H and O–H groups in total. The van der Waals surface area contributed by atoms with Crippen LogP contribution in [0.2, 0.25) is 0 Å². The Balaban J connectivity index is 1.68. The minimum Gasteiger partial charge on any atom is -0.197 e. The highest BCUT2D eigenvalue weighted by molar-refractivity contribution is 7.99. The molecule has 0 saturated heterocycles. The first-order valence-corrected chi connectivity index (χ1v) is 5.82. The van der Waals surface area contributed by atoms with E-state index >= 15 is 0 Å². The SMILES string of the molecule is c1n[nH]nc1SC1CC2CCC1C2. The molecule has 1 aromatic rings. The second-order valence-electron chi connectivity index (χ2n) is 4.14. The first-order valence-electron chi connectivity index (χ1n) is 4.94. The summed E-state index contributed by atoms with van der Waals surface area (Å²) < 4.78 is 0. The van der Waals surface area contributed by atoms with E-state index in [0.717, 1.165) is 22.1 Å². The smallest absolute Gasteiger partial charge is 0.138 e. The lowest BCUT2D eigenvalue weighted by atomic mass is 10.0. The molecule has 1 heterocycles. The molecule has 0 radical (unpaired) electrons. The maximum absolute atomic E-state index is 4.09. The third kappa shape index (κ3) is 1.37. The summed E-state index contributed by atoms with van der Waals surface area (Å²) in [5, 5.41) is 12.5. The molecule has 2 aliphatic rings. The zero-order valence-corrected chi connectivity index (χ0v) is 8.26. The van der Waals surface area contributed by atoms with E-state index in [9.17, 15) is 0 Å². The fourth-order valence-corrected chi connectivity index (χ4v) is 4.06. The van der Waals surface area contributed by atoms with Gasteiger partial charge in [-0.15, -0.1) is 5.10 Å². The summed E-state index contributed by atoms with van der Waals surface area (Å²) in [4.78, 5) is 0. The van der Waals surface area contributed by atoms with Crippen molar-refractivity contribution < 1.29 is 0 Å². The van der Waals surface area contributed by atoms with Gasteiger partial charge in [-0.3, -0.25) is 0 Å². The van der Waals surface area contributed by atoms with Crippen LogP contribution in [0.3, 0.4) is 0 Å². The molecule has 2 saturated carbocycles. The molecule has 70 valence electrons. The van der Waals surface area contributed by atoms with Crippen LogP contribution in [0.4, 0.5) is 0 Å². The van der Waals surface area contributed by atoms with Gasteiger partial charge in [0, 0.05) is 5.25 Å². The van der Waals surface area contributed by atoms with E-state index in [1.54, 1.807) is 0 Å². The fourth-order valence-electron chi connectivity index (χ4n) is 2.73. The minimum absolute atomic E-state index is 0.823. The summed E-state index contributed by atoms with van der Waals surface area (Å²) in [5.41, 5.74) is 0. The maximum Gasteiger partial charge on any atom is 0.138 e. The number of hydrogen-bond acceptors (Lipinski definition) is 3. The van der Waals surface area contributed by atoms with E-state index < -0.39 is 0 Å². The Morgan fingerprint density at radius 3 is 3.00 bits per heavy atom. The lowest BCUT2D eigenvalue weighted by Gasteiger charge is -2.19. The summed E-state index contributed by atoms with van der Waals surface area (Å²) in [6, 6.07) is 0. The molecule has 0 aromatic carbocycles. The van der Waals surface area contributed by atoms with E-state index in [4.69, 9.17) is 0 Å². The van der Waals surface area contributed by atoms with Crippen LogP contribution in [0.15, 0.2) is 11.2 Å². The molecular formula is C9H13N3S. The Hall–Kier alpha value is -0.510. The molecule has 3 unspecified atom stereocenters. The van der Waals surface area contributed by atoms with Crippen LogP contribution >= 0.6 is 11.8 Å². The normalized spacial score (nSPS) is 37.1. The summed E-state index contributed by atoms with van der Waals surface area (Å²) in [6.45, 7) is 0. The van der Waals surface area contributed by atoms with Crippen LogP contribution < -0.4 is 0 Å². The largest absolute Gasteiger partial charge is 0.197 e. The van der Waals surface area contributed by atoms with Crippen LogP contribution in [0.5, 0.6) is 0 Å². The Labute approximate surface area is 81.7 Å². The van der Waals surface area contributed by atoms with Gasteiger partial charge in [-0.2, -0.15) is 10.3 Å². The first kappa shape index (κ1) is 7.85. The molecule has 0 aliphatic heterocycles. The Morgan fingerprint density at radius 1 is 1.38 bits per heavy atom. The van der Waals surface area contributed by atoms with E-state index in [2.05, 4.69) is 15.4 Å². The molecule has 13 heavy (non-hydrogen) atoms. The van der Waals surface area contributed by atoms with Gasteiger partial charge in [0.25, 0.3) is 0 Å². The van der Waals surface area contributed by atoms with Gasteiger partial charge in [0.2, 0.25) is 0 Å². The molecule has 3 rings (SSSR count). The van der Waals surface area contributed by atoms with Gasteiger partial charge < -0.3 is 0 Å². The average Bonchev–Trinajstić information content (AvgIpc) is 2.77. The molecule has 3 nitrogen and oxygen atoms in total. The molecule has 2 aliphatic carbocycles. The van der Waals surface area contributed by atoms with Gasteiger partial charge >= 0.3 is 0 Å². The molecule has 0 spiro atoms.